The van der Waals surface area contributed by atoms with Gasteiger partial charge in [-0.25, -0.2) is 13.2 Å². The number of benzene rings is 2. The monoisotopic (exact) mass is 492 g/mol. The van der Waals surface area contributed by atoms with E-state index >= 15 is 0 Å². The normalized spacial score (nSPS) is 16.0. The summed E-state index contributed by atoms with van der Waals surface area (Å²) < 4.78 is 43.6. The van der Waals surface area contributed by atoms with Gasteiger partial charge in [-0.15, -0.1) is 0 Å². The molecule has 3 rings (SSSR count). The molecular weight excluding hydrogens is 464 g/mol. The van der Waals surface area contributed by atoms with Crippen LogP contribution in [-0.4, -0.2) is 59.4 Å². The third-order valence-electron chi connectivity index (χ3n) is 5.53. The van der Waals surface area contributed by atoms with Gasteiger partial charge in [-0.05, 0) is 50.1 Å². The number of anilines is 2. The predicted octanol–water partition coefficient (Wildman–Crippen LogP) is 2.98. The van der Waals surface area contributed by atoms with Crippen molar-refractivity contribution >= 4 is 33.3 Å². The molecule has 0 unspecified atom stereocenters. The molecule has 0 amide bonds. The van der Waals surface area contributed by atoms with Gasteiger partial charge < -0.3 is 24.2 Å². The molecule has 2 aromatic rings. The minimum atomic E-state index is -4.03. The molecule has 34 heavy (non-hydrogen) atoms. The van der Waals surface area contributed by atoms with Gasteiger partial charge in [-0.2, -0.15) is 0 Å². The Morgan fingerprint density at radius 2 is 1.85 bits per heavy atom. The first kappa shape index (κ1) is 25.2. The van der Waals surface area contributed by atoms with Crippen LogP contribution in [-0.2, 0) is 19.6 Å². The van der Waals surface area contributed by atoms with Crippen molar-refractivity contribution < 1.29 is 37.3 Å². The molecule has 11 heteroatoms. The molecule has 1 fully saturated rings. The average molecular weight is 493 g/mol. The van der Waals surface area contributed by atoms with Crippen LogP contribution in [0.15, 0.2) is 41.3 Å². The fraction of sp³-hybridized carbons (Fsp3) is 0.391. The number of hydrogen-bond acceptors (Lipinski definition) is 8. The highest BCUT2D eigenvalue weighted by atomic mass is 32.2. The number of methoxy groups -OCH3 is 2. The van der Waals surface area contributed by atoms with Gasteiger partial charge in [0.05, 0.1) is 42.9 Å². The Bertz CT molecular complexity index is 1170. The lowest BCUT2D eigenvalue weighted by atomic mass is 9.97. The first-order valence-corrected chi connectivity index (χ1v) is 12.2. The maximum Gasteiger partial charge on any atom is 0.337 e. The Morgan fingerprint density at radius 1 is 1.12 bits per heavy atom. The van der Waals surface area contributed by atoms with Crippen molar-refractivity contribution in [3.63, 3.8) is 0 Å². The SMILES string of the molecule is CCOC(=O)[C@H]1CCCN(c2ccc(NS(=O)(=O)c3ccc(OC)c(OC)c3)cc2C(=O)O)C1. The van der Waals surface area contributed by atoms with Crippen molar-refractivity contribution in [2.24, 2.45) is 5.92 Å². The van der Waals surface area contributed by atoms with E-state index in [-0.39, 0.29) is 40.4 Å². The number of rotatable bonds is 9. The van der Waals surface area contributed by atoms with E-state index in [1.807, 2.05) is 4.90 Å². The molecular formula is C23H28N2O8S. The number of carbonyl (C=O) groups is 2. The number of carboxylic acid groups (broad SMARTS) is 1. The van der Waals surface area contributed by atoms with E-state index in [0.29, 0.717) is 37.4 Å². The summed E-state index contributed by atoms with van der Waals surface area (Å²) in [4.78, 5) is 25.9. The number of hydrogen-bond donors (Lipinski definition) is 2. The van der Waals surface area contributed by atoms with E-state index < -0.39 is 16.0 Å². The quantitative estimate of drug-likeness (QED) is 0.507. The average Bonchev–Trinajstić information content (AvgIpc) is 2.83. The van der Waals surface area contributed by atoms with Crippen molar-refractivity contribution in [3.8, 4) is 11.5 Å². The molecule has 0 aliphatic carbocycles. The van der Waals surface area contributed by atoms with Crippen molar-refractivity contribution in [1.29, 1.82) is 0 Å². The molecule has 2 aromatic carbocycles. The van der Waals surface area contributed by atoms with E-state index in [0.717, 1.165) is 0 Å². The molecule has 1 saturated heterocycles. The third-order valence-corrected chi connectivity index (χ3v) is 6.91. The second kappa shape index (κ2) is 10.6. The van der Waals surface area contributed by atoms with E-state index in [1.54, 1.807) is 13.0 Å². The standard InChI is InChI=1S/C23H28N2O8S/c1-4-33-23(28)15-6-5-11-25(14-15)19-9-7-16(12-18(19)22(26)27)24-34(29,30)17-8-10-20(31-2)21(13-17)32-3/h7-10,12-13,15,24H,4-6,11,14H2,1-3H3,(H,26,27)/t15-/m0/s1. The molecule has 2 N–H and O–H groups in total. The number of sulfonamides is 1. The molecule has 1 aliphatic heterocycles. The van der Waals surface area contributed by atoms with Gasteiger partial charge in [0.25, 0.3) is 10.0 Å². The number of carboxylic acids is 1. The molecule has 0 spiro atoms. The molecule has 10 nitrogen and oxygen atoms in total. The summed E-state index contributed by atoms with van der Waals surface area (Å²) in [6, 6.07) is 8.45. The van der Waals surface area contributed by atoms with Gasteiger partial charge >= 0.3 is 11.9 Å². The Morgan fingerprint density at radius 3 is 2.50 bits per heavy atom. The van der Waals surface area contributed by atoms with Gasteiger partial charge in [0.15, 0.2) is 11.5 Å². The van der Waals surface area contributed by atoms with Gasteiger partial charge in [0, 0.05) is 24.8 Å². The molecule has 0 bridgehead atoms. The highest BCUT2D eigenvalue weighted by Gasteiger charge is 2.29. The van der Waals surface area contributed by atoms with Gasteiger partial charge in [0.2, 0.25) is 0 Å². The lowest BCUT2D eigenvalue weighted by Gasteiger charge is -2.34. The smallest absolute Gasteiger partial charge is 0.337 e. The zero-order chi connectivity index (χ0) is 24.9. The molecule has 0 saturated carbocycles. The molecule has 1 heterocycles. The summed E-state index contributed by atoms with van der Waals surface area (Å²) in [5.41, 5.74) is 0.433. The summed E-state index contributed by atoms with van der Waals surface area (Å²) in [6.07, 6.45) is 1.37. The van der Waals surface area contributed by atoms with Crippen LogP contribution >= 0.6 is 0 Å². The van der Waals surface area contributed by atoms with Crippen LogP contribution in [0.5, 0.6) is 11.5 Å². The zero-order valence-corrected chi connectivity index (χ0v) is 20.1. The van der Waals surface area contributed by atoms with E-state index in [1.165, 1.54) is 44.6 Å². The number of ether oxygens (including phenoxy) is 3. The predicted molar refractivity (Wildman–Crippen MR) is 125 cm³/mol. The van der Waals surface area contributed by atoms with Gasteiger partial charge in [-0.3, -0.25) is 9.52 Å². The van der Waals surface area contributed by atoms with Crippen LogP contribution in [0.4, 0.5) is 11.4 Å². The molecule has 1 atom stereocenters. The van der Waals surface area contributed by atoms with Crippen LogP contribution in [0, 0.1) is 5.92 Å². The van der Waals surface area contributed by atoms with Gasteiger partial charge in [0.1, 0.15) is 0 Å². The molecule has 1 aliphatic rings. The molecule has 184 valence electrons. The number of carbonyl (C=O) groups excluding carboxylic acids is 1. The number of esters is 1. The van der Waals surface area contributed by atoms with E-state index in [2.05, 4.69) is 4.72 Å². The Kier molecular flexibility index (Phi) is 7.87. The third kappa shape index (κ3) is 5.53. The largest absolute Gasteiger partial charge is 0.493 e. The highest BCUT2D eigenvalue weighted by Crippen LogP contribution is 2.32. The summed E-state index contributed by atoms with van der Waals surface area (Å²) in [6.45, 7) is 2.93. The second-order valence-electron chi connectivity index (χ2n) is 7.70. The van der Waals surface area contributed by atoms with Crippen molar-refractivity contribution in [2.75, 3.05) is 43.5 Å². The molecule has 0 aromatic heterocycles. The topological polar surface area (TPSA) is 131 Å². The fourth-order valence-corrected chi connectivity index (χ4v) is 4.96. The molecule has 0 radical (unpaired) electrons. The Balaban J connectivity index is 1.87. The van der Waals surface area contributed by atoms with Crippen molar-refractivity contribution in [3.05, 3.63) is 42.0 Å². The maximum atomic E-state index is 12.9. The zero-order valence-electron chi connectivity index (χ0n) is 19.2. The summed E-state index contributed by atoms with van der Waals surface area (Å²) in [7, 11) is -1.19. The Labute approximate surface area is 198 Å². The number of piperidine rings is 1. The lowest BCUT2D eigenvalue weighted by molar-refractivity contribution is -0.148. The van der Waals surface area contributed by atoms with Crippen LogP contribution in [0.1, 0.15) is 30.1 Å². The first-order valence-electron chi connectivity index (χ1n) is 10.7. The number of nitrogens with one attached hydrogen (secondary N) is 1. The summed E-state index contributed by atoms with van der Waals surface area (Å²) >= 11 is 0. The van der Waals surface area contributed by atoms with Crippen LogP contribution in [0.3, 0.4) is 0 Å². The second-order valence-corrected chi connectivity index (χ2v) is 9.38. The van der Waals surface area contributed by atoms with Crippen molar-refractivity contribution in [2.45, 2.75) is 24.7 Å². The van der Waals surface area contributed by atoms with Crippen LogP contribution < -0.4 is 19.1 Å². The summed E-state index contributed by atoms with van der Waals surface area (Å²) in [5, 5.41) is 9.80. The van der Waals surface area contributed by atoms with Crippen molar-refractivity contribution in [1.82, 2.24) is 0 Å². The minimum Gasteiger partial charge on any atom is -0.493 e. The van der Waals surface area contributed by atoms with E-state index in [9.17, 15) is 23.1 Å². The first-order chi connectivity index (χ1) is 16.2. The maximum absolute atomic E-state index is 12.9. The number of nitrogens with zero attached hydrogens (tertiary/aromatic N) is 1. The van der Waals surface area contributed by atoms with E-state index in [4.69, 9.17) is 14.2 Å². The number of aromatic carboxylic acids is 1. The minimum absolute atomic E-state index is 0.0700. The highest BCUT2D eigenvalue weighted by molar-refractivity contribution is 7.92. The lowest BCUT2D eigenvalue weighted by Crippen LogP contribution is -2.40. The Hall–Kier alpha value is -3.47. The van der Waals surface area contributed by atoms with Crippen LogP contribution in [0.25, 0.3) is 0 Å². The summed E-state index contributed by atoms with van der Waals surface area (Å²) in [5.74, 6) is -1.24. The van der Waals surface area contributed by atoms with Gasteiger partial charge in [-0.1, -0.05) is 0 Å². The fourth-order valence-electron chi connectivity index (χ4n) is 3.89. The van der Waals surface area contributed by atoms with Crippen LogP contribution in [0.2, 0.25) is 0 Å².